The third-order valence-electron chi connectivity index (χ3n) is 2.90. The average Bonchev–Trinajstić information content (AvgIpc) is 2.42. The van der Waals surface area contributed by atoms with Crippen LogP contribution in [0.2, 0.25) is 0 Å². The maximum Gasteiger partial charge on any atom is 0.253 e. The van der Waals surface area contributed by atoms with Gasteiger partial charge in [0, 0.05) is 30.9 Å². The van der Waals surface area contributed by atoms with Crippen LogP contribution >= 0.6 is 0 Å². The highest BCUT2D eigenvalue weighted by molar-refractivity contribution is 5.94. The summed E-state index contributed by atoms with van der Waals surface area (Å²) in [6.07, 6.45) is 0.960. The number of nitrogens with two attached hydrogens (primary N) is 1. The van der Waals surface area contributed by atoms with Crippen LogP contribution in [0.15, 0.2) is 24.3 Å². The number of nitrogens with one attached hydrogen (secondary N) is 1. The summed E-state index contributed by atoms with van der Waals surface area (Å²) < 4.78 is 0. The summed E-state index contributed by atoms with van der Waals surface area (Å²) in [7, 11) is 4.02. The fourth-order valence-electron chi connectivity index (χ4n) is 1.80. The molecule has 19 heavy (non-hydrogen) atoms. The second-order valence-corrected chi connectivity index (χ2v) is 4.82. The van der Waals surface area contributed by atoms with E-state index in [1.807, 2.05) is 31.1 Å². The molecule has 0 aliphatic heterocycles. The molecule has 1 aromatic rings. The molecule has 0 aliphatic carbocycles. The molecule has 1 amide bonds. The SMILES string of the molecule is CCCN(CCN(C)C)C(=O)c1ccc(NN)cc1. The Labute approximate surface area is 115 Å². The van der Waals surface area contributed by atoms with Crippen molar-refractivity contribution in [2.24, 2.45) is 5.84 Å². The van der Waals surface area contributed by atoms with Gasteiger partial charge >= 0.3 is 0 Å². The molecule has 5 heteroatoms. The number of hydrogen-bond acceptors (Lipinski definition) is 4. The number of hydrogen-bond donors (Lipinski definition) is 2. The van der Waals surface area contributed by atoms with Gasteiger partial charge in [0.05, 0.1) is 0 Å². The standard InChI is InChI=1S/C14H24N4O/c1-4-9-18(11-10-17(2)3)14(19)12-5-7-13(16-15)8-6-12/h5-8,16H,4,9-11,15H2,1-3H3. The first kappa shape index (κ1) is 15.5. The third-order valence-corrected chi connectivity index (χ3v) is 2.90. The largest absolute Gasteiger partial charge is 0.337 e. The Balaban J connectivity index is 2.73. The topological polar surface area (TPSA) is 61.6 Å². The van der Waals surface area contributed by atoms with Crippen LogP contribution in [0.3, 0.4) is 0 Å². The lowest BCUT2D eigenvalue weighted by Gasteiger charge is -2.24. The van der Waals surface area contributed by atoms with Crippen molar-refractivity contribution >= 4 is 11.6 Å². The predicted molar refractivity (Wildman–Crippen MR) is 79.0 cm³/mol. The van der Waals surface area contributed by atoms with Crippen molar-refractivity contribution in [2.45, 2.75) is 13.3 Å². The third kappa shape index (κ3) is 4.89. The summed E-state index contributed by atoms with van der Waals surface area (Å²) in [5, 5.41) is 0. The first-order chi connectivity index (χ1) is 9.08. The van der Waals surface area contributed by atoms with Crippen molar-refractivity contribution in [1.29, 1.82) is 0 Å². The molecule has 0 spiro atoms. The van der Waals surface area contributed by atoms with Crippen molar-refractivity contribution < 1.29 is 4.79 Å². The summed E-state index contributed by atoms with van der Waals surface area (Å²) in [5.41, 5.74) is 4.05. The van der Waals surface area contributed by atoms with Gasteiger partial charge in [-0.05, 0) is 44.8 Å². The van der Waals surface area contributed by atoms with Crippen LogP contribution in [0.5, 0.6) is 0 Å². The van der Waals surface area contributed by atoms with Gasteiger partial charge in [-0.3, -0.25) is 10.6 Å². The molecule has 0 radical (unpaired) electrons. The van der Waals surface area contributed by atoms with E-state index in [1.54, 1.807) is 12.1 Å². The van der Waals surface area contributed by atoms with Crippen LogP contribution in [-0.2, 0) is 0 Å². The van der Waals surface area contributed by atoms with Crippen LogP contribution in [0.4, 0.5) is 5.69 Å². The summed E-state index contributed by atoms with van der Waals surface area (Å²) >= 11 is 0. The van der Waals surface area contributed by atoms with Gasteiger partial charge in [0.2, 0.25) is 0 Å². The lowest BCUT2D eigenvalue weighted by molar-refractivity contribution is 0.0745. The Morgan fingerprint density at radius 3 is 2.26 bits per heavy atom. The van der Waals surface area contributed by atoms with Crippen molar-refractivity contribution in [3.63, 3.8) is 0 Å². The lowest BCUT2D eigenvalue weighted by atomic mass is 10.1. The predicted octanol–water partition coefficient (Wildman–Crippen LogP) is 1.39. The van der Waals surface area contributed by atoms with Gasteiger partial charge in [-0.2, -0.15) is 0 Å². The average molecular weight is 264 g/mol. The van der Waals surface area contributed by atoms with Gasteiger partial charge in [-0.15, -0.1) is 0 Å². The second-order valence-electron chi connectivity index (χ2n) is 4.82. The summed E-state index contributed by atoms with van der Waals surface area (Å²) in [5.74, 6) is 5.39. The molecule has 0 unspecified atom stereocenters. The fraction of sp³-hybridized carbons (Fsp3) is 0.500. The maximum absolute atomic E-state index is 12.4. The van der Waals surface area contributed by atoms with Crippen LogP contribution in [0.1, 0.15) is 23.7 Å². The van der Waals surface area contributed by atoms with E-state index in [1.165, 1.54) is 0 Å². The minimum atomic E-state index is 0.0762. The monoisotopic (exact) mass is 264 g/mol. The minimum Gasteiger partial charge on any atom is -0.337 e. The minimum absolute atomic E-state index is 0.0762. The highest BCUT2D eigenvalue weighted by Crippen LogP contribution is 2.11. The molecule has 0 aromatic heterocycles. The molecule has 3 N–H and O–H groups in total. The Bertz CT molecular complexity index is 389. The number of benzene rings is 1. The highest BCUT2D eigenvalue weighted by Gasteiger charge is 2.14. The quantitative estimate of drug-likeness (QED) is 0.577. The van der Waals surface area contributed by atoms with E-state index < -0.39 is 0 Å². The molecular formula is C14H24N4O. The van der Waals surface area contributed by atoms with E-state index in [4.69, 9.17) is 5.84 Å². The molecule has 0 heterocycles. The summed E-state index contributed by atoms with van der Waals surface area (Å²) in [4.78, 5) is 16.4. The summed E-state index contributed by atoms with van der Waals surface area (Å²) in [6, 6.07) is 7.22. The molecule has 0 aliphatic rings. The van der Waals surface area contributed by atoms with Gasteiger partial charge in [-0.25, -0.2) is 0 Å². The molecule has 0 atom stereocenters. The number of nitrogen functional groups attached to an aromatic ring is 1. The normalized spacial score (nSPS) is 10.6. The van der Waals surface area contributed by atoms with Crippen molar-refractivity contribution in [1.82, 2.24) is 9.80 Å². The molecular weight excluding hydrogens is 240 g/mol. The highest BCUT2D eigenvalue weighted by atomic mass is 16.2. The second kappa shape index (κ2) is 7.76. The Hall–Kier alpha value is -1.59. The number of amides is 1. The van der Waals surface area contributed by atoms with Crippen molar-refractivity contribution in [2.75, 3.05) is 39.2 Å². The van der Waals surface area contributed by atoms with E-state index in [-0.39, 0.29) is 5.91 Å². The smallest absolute Gasteiger partial charge is 0.253 e. The van der Waals surface area contributed by atoms with Gasteiger partial charge in [0.25, 0.3) is 5.91 Å². The number of anilines is 1. The Morgan fingerprint density at radius 1 is 1.16 bits per heavy atom. The van der Waals surface area contributed by atoms with Crippen molar-refractivity contribution in [3.8, 4) is 0 Å². The molecule has 5 nitrogen and oxygen atoms in total. The molecule has 1 aromatic carbocycles. The van der Waals surface area contributed by atoms with Gasteiger partial charge in [0.1, 0.15) is 0 Å². The van der Waals surface area contributed by atoms with Crippen molar-refractivity contribution in [3.05, 3.63) is 29.8 Å². The van der Waals surface area contributed by atoms with E-state index in [0.29, 0.717) is 5.56 Å². The van der Waals surface area contributed by atoms with E-state index in [2.05, 4.69) is 17.2 Å². The first-order valence-electron chi connectivity index (χ1n) is 6.59. The molecule has 0 saturated carbocycles. The van der Waals surface area contributed by atoms with Gasteiger partial charge in [-0.1, -0.05) is 6.92 Å². The first-order valence-corrected chi connectivity index (χ1v) is 6.59. The number of carbonyl (C=O) groups excluding carboxylic acids is 1. The van der Waals surface area contributed by atoms with Crippen LogP contribution in [0.25, 0.3) is 0 Å². The van der Waals surface area contributed by atoms with Crippen LogP contribution in [0, 0.1) is 0 Å². The molecule has 1 rings (SSSR count). The molecule has 0 bridgehead atoms. The number of rotatable bonds is 7. The fourth-order valence-corrected chi connectivity index (χ4v) is 1.80. The van der Waals surface area contributed by atoms with Gasteiger partial charge in [0.15, 0.2) is 0 Å². The zero-order chi connectivity index (χ0) is 14.3. The zero-order valence-electron chi connectivity index (χ0n) is 12.0. The number of hydrazine groups is 1. The van der Waals surface area contributed by atoms with Crippen LogP contribution in [-0.4, -0.2) is 49.4 Å². The zero-order valence-corrected chi connectivity index (χ0v) is 12.0. The van der Waals surface area contributed by atoms with E-state index in [9.17, 15) is 4.79 Å². The van der Waals surface area contributed by atoms with Gasteiger partial charge < -0.3 is 15.2 Å². The van der Waals surface area contributed by atoms with E-state index in [0.717, 1.165) is 31.7 Å². The Morgan fingerprint density at radius 2 is 1.79 bits per heavy atom. The maximum atomic E-state index is 12.4. The van der Waals surface area contributed by atoms with Crippen LogP contribution < -0.4 is 11.3 Å². The van der Waals surface area contributed by atoms with E-state index >= 15 is 0 Å². The Kier molecular flexibility index (Phi) is 6.32. The molecule has 0 saturated heterocycles. The molecule has 0 fully saturated rings. The number of nitrogens with zero attached hydrogens (tertiary/aromatic N) is 2. The number of carbonyl (C=O) groups is 1. The summed E-state index contributed by atoms with van der Waals surface area (Å²) in [6.45, 7) is 4.48. The lowest BCUT2D eigenvalue weighted by Crippen LogP contribution is -2.37. The molecule has 106 valence electrons. The number of likely N-dealkylation sites (N-methyl/N-ethyl adjacent to an activating group) is 1.